The molecule has 0 spiro atoms. The summed E-state index contributed by atoms with van der Waals surface area (Å²) in [5.41, 5.74) is -0.630. The maximum absolute atomic E-state index is 13.1. The lowest BCUT2D eigenvalue weighted by Gasteiger charge is -2.08. The Kier molecular flexibility index (Phi) is 3.84. The Morgan fingerprint density at radius 1 is 1.24 bits per heavy atom. The van der Waals surface area contributed by atoms with Crippen molar-refractivity contribution in [1.82, 2.24) is 0 Å². The Bertz CT molecular complexity index is 729. The second-order valence-corrected chi connectivity index (χ2v) is 4.25. The van der Waals surface area contributed by atoms with Crippen LogP contribution in [0.2, 0.25) is 0 Å². The molecule has 0 radical (unpaired) electrons. The number of hydrogen-bond donors (Lipinski definition) is 1. The third-order valence-corrected chi connectivity index (χ3v) is 2.76. The molecular formula is C14H10FNO5. The SMILES string of the molecule is Cc1cc(Oc2ccc([N+](=O)[O-])c(C(=O)O)c2)ccc1F. The number of nitro groups is 1. The van der Waals surface area contributed by atoms with Crippen molar-refractivity contribution >= 4 is 11.7 Å². The van der Waals surface area contributed by atoms with Crippen molar-refractivity contribution in [2.24, 2.45) is 0 Å². The number of benzene rings is 2. The standard InChI is InChI=1S/C14H10FNO5/c1-8-6-9(2-4-12(8)15)21-10-3-5-13(16(19)20)11(7-10)14(17)18/h2-7H,1H3,(H,17,18). The van der Waals surface area contributed by atoms with Gasteiger partial charge in [0, 0.05) is 12.1 Å². The average Bonchev–Trinajstić information content (AvgIpc) is 2.42. The molecule has 0 unspecified atom stereocenters. The van der Waals surface area contributed by atoms with Gasteiger partial charge in [0.15, 0.2) is 0 Å². The number of nitro benzene ring substituents is 1. The molecule has 21 heavy (non-hydrogen) atoms. The van der Waals surface area contributed by atoms with Gasteiger partial charge in [-0.25, -0.2) is 9.18 Å². The zero-order valence-electron chi connectivity index (χ0n) is 10.9. The van der Waals surface area contributed by atoms with Crippen LogP contribution in [0.4, 0.5) is 10.1 Å². The van der Waals surface area contributed by atoms with Gasteiger partial charge in [-0.05, 0) is 36.8 Å². The minimum atomic E-state index is -1.43. The lowest BCUT2D eigenvalue weighted by atomic mass is 10.1. The van der Waals surface area contributed by atoms with E-state index >= 15 is 0 Å². The fourth-order valence-corrected chi connectivity index (χ4v) is 1.73. The molecule has 0 aliphatic carbocycles. The van der Waals surface area contributed by atoms with Crippen LogP contribution in [0, 0.1) is 22.9 Å². The molecule has 0 fully saturated rings. The van der Waals surface area contributed by atoms with Gasteiger partial charge < -0.3 is 9.84 Å². The van der Waals surface area contributed by atoms with Crippen LogP contribution in [0.15, 0.2) is 36.4 Å². The quantitative estimate of drug-likeness (QED) is 0.687. The molecule has 7 heteroatoms. The van der Waals surface area contributed by atoms with Crippen molar-refractivity contribution in [3.8, 4) is 11.5 Å². The summed E-state index contributed by atoms with van der Waals surface area (Å²) in [6, 6.07) is 7.42. The smallest absolute Gasteiger partial charge is 0.342 e. The molecule has 2 aromatic carbocycles. The maximum Gasteiger partial charge on any atom is 0.342 e. The van der Waals surface area contributed by atoms with Gasteiger partial charge in [0.05, 0.1) is 4.92 Å². The van der Waals surface area contributed by atoms with Gasteiger partial charge >= 0.3 is 5.97 Å². The van der Waals surface area contributed by atoms with Crippen LogP contribution in [0.25, 0.3) is 0 Å². The monoisotopic (exact) mass is 291 g/mol. The predicted octanol–water partition coefficient (Wildman–Crippen LogP) is 3.53. The highest BCUT2D eigenvalue weighted by molar-refractivity contribution is 5.92. The fraction of sp³-hybridized carbons (Fsp3) is 0.0714. The number of nitrogens with zero attached hydrogens (tertiary/aromatic N) is 1. The van der Waals surface area contributed by atoms with Gasteiger partial charge in [-0.2, -0.15) is 0 Å². The van der Waals surface area contributed by atoms with Crippen LogP contribution in [0.3, 0.4) is 0 Å². The van der Waals surface area contributed by atoms with E-state index in [0.717, 1.165) is 12.1 Å². The Hall–Kier alpha value is -2.96. The lowest BCUT2D eigenvalue weighted by Crippen LogP contribution is -2.02. The second-order valence-electron chi connectivity index (χ2n) is 4.25. The van der Waals surface area contributed by atoms with Crippen LogP contribution in [-0.2, 0) is 0 Å². The van der Waals surface area contributed by atoms with Gasteiger partial charge in [-0.15, -0.1) is 0 Å². The van der Waals surface area contributed by atoms with Crippen LogP contribution >= 0.6 is 0 Å². The van der Waals surface area contributed by atoms with E-state index in [4.69, 9.17) is 9.84 Å². The van der Waals surface area contributed by atoms with Crippen molar-refractivity contribution < 1.29 is 24.0 Å². The van der Waals surface area contributed by atoms with Crippen molar-refractivity contribution in [2.75, 3.05) is 0 Å². The summed E-state index contributed by atoms with van der Waals surface area (Å²) in [4.78, 5) is 21.0. The van der Waals surface area contributed by atoms with Crippen LogP contribution in [0.5, 0.6) is 11.5 Å². The summed E-state index contributed by atoms with van der Waals surface area (Å²) in [6.07, 6.45) is 0. The van der Waals surface area contributed by atoms with Crippen molar-refractivity contribution in [1.29, 1.82) is 0 Å². The first kappa shape index (κ1) is 14.4. The molecule has 2 aromatic rings. The molecule has 0 saturated heterocycles. The molecule has 0 aliphatic rings. The molecule has 6 nitrogen and oxygen atoms in total. The van der Waals surface area contributed by atoms with Gasteiger partial charge in [0.1, 0.15) is 22.9 Å². The Labute approximate surface area is 118 Å². The number of carbonyl (C=O) groups is 1. The molecule has 0 atom stereocenters. The lowest BCUT2D eigenvalue weighted by molar-refractivity contribution is -0.385. The highest BCUT2D eigenvalue weighted by atomic mass is 19.1. The zero-order chi connectivity index (χ0) is 15.6. The summed E-state index contributed by atoms with van der Waals surface area (Å²) < 4.78 is 18.5. The Morgan fingerprint density at radius 2 is 1.86 bits per heavy atom. The minimum Gasteiger partial charge on any atom is -0.477 e. The Morgan fingerprint density at radius 3 is 2.43 bits per heavy atom. The van der Waals surface area contributed by atoms with Crippen LogP contribution < -0.4 is 4.74 Å². The molecule has 0 aromatic heterocycles. The van der Waals surface area contributed by atoms with Crippen LogP contribution in [0.1, 0.15) is 15.9 Å². The van der Waals surface area contributed by atoms with E-state index in [1.54, 1.807) is 6.92 Å². The van der Waals surface area contributed by atoms with E-state index < -0.39 is 28.0 Å². The van der Waals surface area contributed by atoms with Gasteiger partial charge in [0.2, 0.25) is 0 Å². The highest BCUT2D eigenvalue weighted by Gasteiger charge is 2.20. The van der Waals surface area contributed by atoms with Crippen molar-refractivity contribution in [2.45, 2.75) is 6.92 Å². The summed E-state index contributed by atoms with van der Waals surface area (Å²) >= 11 is 0. The summed E-state index contributed by atoms with van der Waals surface area (Å²) in [5.74, 6) is -1.40. The summed E-state index contributed by atoms with van der Waals surface area (Å²) in [5, 5.41) is 19.7. The van der Waals surface area contributed by atoms with E-state index in [2.05, 4.69) is 0 Å². The molecule has 2 rings (SSSR count). The zero-order valence-corrected chi connectivity index (χ0v) is 10.9. The fourth-order valence-electron chi connectivity index (χ4n) is 1.73. The van der Waals surface area contributed by atoms with E-state index in [0.29, 0.717) is 11.3 Å². The summed E-state index contributed by atoms with van der Waals surface area (Å²) in [7, 11) is 0. The first-order chi connectivity index (χ1) is 9.88. The molecular weight excluding hydrogens is 281 g/mol. The topological polar surface area (TPSA) is 89.7 Å². The Balaban J connectivity index is 2.36. The van der Waals surface area contributed by atoms with Crippen LogP contribution in [-0.4, -0.2) is 16.0 Å². The van der Waals surface area contributed by atoms with E-state index in [-0.39, 0.29) is 5.75 Å². The molecule has 108 valence electrons. The number of carboxylic acids is 1. The average molecular weight is 291 g/mol. The van der Waals surface area contributed by atoms with E-state index in [1.807, 2.05) is 0 Å². The third-order valence-electron chi connectivity index (χ3n) is 2.76. The molecule has 1 N–H and O–H groups in total. The number of aryl methyl sites for hydroxylation is 1. The molecule has 0 amide bonds. The normalized spacial score (nSPS) is 10.2. The maximum atomic E-state index is 13.1. The third kappa shape index (κ3) is 3.14. The second kappa shape index (κ2) is 5.58. The first-order valence-electron chi connectivity index (χ1n) is 5.84. The number of halogens is 1. The highest BCUT2D eigenvalue weighted by Crippen LogP contribution is 2.28. The van der Waals surface area contributed by atoms with Crippen molar-refractivity contribution in [3.63, 3.8) is 0 Å². The molecule has 0 heterocycles. The first-order valence-corrected chi connectivity index (χ1v) is 5.84. The summed E-state index contributed by atoms with van der Waals surface area (Å²) in [6.45, 7) is 1.56. The van der Waals surface area contributed by atoms with Crippen molar-refractivity contribution in [3.05, 3.63) is 63.5 Å². The van der Waals surface area contributed by atoms with E-state index in [9.17, 15) is 19.3 Å². The van der Waals surface area contributed by atoms with Gasteiger partial charge in [-0.3, -0.25) is 10.1 Å². The number of carboxylic acid groups (broad SMARTS) is 1. The van der Waals surface area contributed by atoms with Gasteiger partial charge in [-0.1, -0.05) is 0 Å². The molecule has 0 aliphatic heterocycles. The van der Waals surface area contributed by atoms with Gasteiger partial charge in [0.25, 0.3) is 5.69 Å². The van der Waals surface area contributed by atoms with E-state index in [1.165, 1.54) is 24.3 Å². The minimum absolute atomic E-state index is 0.115. The predicted molar refractivity (Wildman–Crippen MR) is 71.3 cm³/mol. The number of rotatable bonds is 4. The largest absolute Gasteiger partial charge is 0.477 e. The number of aromatic carboxylic acids is 1. The number of ether oxygens (including phenoxy) is 1. The molecule has 0 bridgehead atoms. The number of hydrogen-bond acceptors (Lipinski definition) is 4. The molecule has 0 saturated carbocycles.